The number of hydrogen-bond donors (Lipinski definition) is 3. The fourth-order valence-electron chi connectivity index (χ4n) is 1.86. The highest BCUT2D eigenvalue weighted by Gasteiger charge is 2.14. The molecule has 3 N–H and O–H groups in total. The molecule has 1 atom stereocenters. The number of carbonyl (C=O) groups is 1. The van der Waals surface area contributed by atoms with E-state index in [1.54, 1.807) is 24.3 Å². The Morgan fingerprint density at radius 2 is 2.18 bits per heavy atom. The fraction of sp³-hybridized carbons (Fsp3) is 0.417. The van der Waals surface area contributed by atoms with Crippen LogP contribution in [-0.4, -0.2) is 25.2 Å². The molecule has 4 nitrogen and oxygen atoms in total. The SMILES string of the molecule is O=C(NCC1CCCN1)Nc1ccc(Cl)cc1. The third-order valence-corrected chi connectivity index (χ3v) is 3.03. The number of urea groups is 1. The molecule has 17 heavy (non-hydrogen) atoms. The van der Waals surface area contributed by atoms with Crippen LogP contribution in [0, 0.1) is 0 Å². The number of carbonyl (C=O) groups excluding carboxylic acids is 1. The van der Waals surface area contributed by atoms with Gasteiger partial charge in [-0.25, -0.2) is 4.79 Å². The molecule has 0 radical (unpaired) electrons. The predicted molar refractivity (Wildman–Crippen MR) is 69.5 cm³/mol. The second-order valence-corrected chi connectivity index (χ2v) is 4.57. The van der Waals surface area contributed by atoms with E-state index in [1.807, 2.05) is 0 Å². The van der Waals surface area contributed by atoms with Crippen LogP contribution in [0.1, 0.15) is 12.8 Å². The molecule has 1 aliphatic rings. The van der Waals surface area contributed by atoms with Gasteiger partial charge >= 0.3 is 6.03 Å². The molecule has 1 unspecified atom stereocenters. The van der Waals surface area contributed by atoms with Crippen molar-refractivity contribution < 1.29 is 4.79 Å². The second kappa shape index (κ2) is 5.89. The van der Waals surface area contributed by atoms with Crippen LogP contribution in [0.25, 0.3) is 0 Å². The first-order valence-corrected chi connectivity index (χ1v) is 6.15. The van der Waals surface area contributed by atoms with Crippen molar-refractivity contribution in [1.29, 1.82) is 0 Å². The van der Waals surface area contributed by atoms with Crippen LogP contribution in [0.2, 0.25) is 5.02 Å². The third kappa shape index (κ3) is 3.91. The predicted octanol–water partition coefficient (Wildman–Crippen LogP) is 2.21. The van der Waals surface area contributed by atoms with Gasteiger partial charge in [-0.1, -0.05) is 11.6 Å². The zero-order valence-corrected chi connectivity index (χ0v) is 10.3. The summed E-state index contributed by atoms with van der Waals surface area (Å²) in [6.07, 6.45) is 2.31. The molecule has 2 rings (SSSR count). The highest BCUT2D eigenvalue weighted by molar-refractivity contribution is 6.30. The number of rotatable bonds is 3. The normalized spacial score (nSPS) is 19.0. The first-order chi connectivity index (χ1) is 8.24. The van der Waals surface area contributed by atoms with Crippen molar-refractivity contribution in [3.63, 3.8) is 0 Å². The molecule has 1 heterocycles. The Morgan fingerprint density at radius 3 is 2.82 bits per heavy atom. The lowest BCUT2D eigenvalue weighted by atomic mass is 10.2. The Hall–Kier alpha value is -1.26. The van der Waals surface area contributed by atoms with Gasteiger partial charge in [0.15, 0.2) is 0 Å². The zero-order valence-electron chi connectivity index (χ0n) is 9.50. The molecule has 5 heteroatoms. The number of benzene rings is 1. The maximum Gasteiger partial charge on any atom is 0.319 e. The molecule has 92 valence electrons. The zero-order chi connectivity index (χ0) is 12.1. The Balaban J connectivity index is 1.74. The number of amides is 2. The number of halogens is 1. The quantitative estimate of drug-likeness (QED) is 0.774. The average Bonchev–Trinajstić information content (AvgIpc) is 2.83. The highest BCUT2D eigenvalue weighted by atomic mass is 35.5. The van der Waals surface area contributed by atoms with E-state index >= 15 is 0 Å². The van der Waals surface area contributed by atoms with E-state index in [0.717, 1.165) is 18.7 Å². The molecule has 0 spiro atoms. The Bertz CT molecular complexity index is 374. The molecule has 1 aromatic rings. The standard InChI is InChI=1S/C12H16ClN3O/c13-9-3-5-10(6-4-9)16-12(17)15-8-11-2-1-7-14-11/h3-6,11,14H,1-2,7-8H2,(H2,15,16,17). The van der Waals surface area contributed by atoms with Gasteiger partial charge < -0.3 is 16.0 Å². The molecule has 0 bridgehead atoms. The third-order valence-electron chi connectivity index (χ3n) is 2.77. The van der Waals surface area contributed by atoms with Gasteiger partial charge in [-0.2, -0.15) is 0 Å². The van der Waals surface area contributed by atoms with E-state index in [9.17, 15) is 4.79 Å². The van der Waals surface area contributed by atoms with Gasteiger partial charge in [0.25, 0.3) is 0 Å². The van der Waals surface area contributed by atoms with Crippen LogP contribution in [0.4, 0.5) is 10.5 Å². The summed E-state index contributed by atoms with van der Waals surface area (Å²) in [7, 11) is 0. The number of nitrogens with one attached hydrogen (secondary N) is 3. The molecule has 0 aliphatic carbocycles. The van der Waals surface area contributed by atoms with Gasteiger partial charge in [-0.3, -0.25) is 0 Å². The monoisotopic (exact) mass is 253 g/mol. The van der Waals surface area contributed by atoms with Crippen LogP contribution < -0.4 is 16.0 Å². The Kier molecular flexibility index (Phi) is 4.23. The molecular weight excluding hydrogens is 238 g/mol. The van der Waals surface area contributed by atoms with Crippen molar-refractivity contribution in [2.45, 2.75) is 18.9 Å². The van der Waals surface area contributed by atoms with Gasteiger partial charge in [-0.15, -0.1) is 0 Å². The van der Waals surface area contributed by atoms with Crippen molar-refractivity contribution in [3.05, 3.63) is 29.3 Å². The Labute approximate surface area is 106 Å². The molecule has 0 saturated carbocycles. The molecule has 2 amide bonds. The van der Waals surface area contributed by atoms with Crippen LogP contribution in [0.3, 0.4) is 0 Å². The van der Waals surface area contributed by atoms with E-state index in [0.29, 0.717) is 17.6 Å². The minimum Gasteiger partial charge on any atom is -0.336 e. The lowest BCUT2D eigenvalue weighted by Gasteiger charge is -2.12. The fourth-order valence-corrected chi connectivity index (χ4v) is 1.98. The van der Waals surface area contributed by atoms with E-state index in [4.69, 9.17) is 11.6 Å². The molecular formula is C12H16ClN3O. The molecule has 1 aromatic carbocycles. The van der Waals surface area contributed by atoms with Crippen LogP contribution in [0.5, 0.6) is 0 Å². The first-order valence-electron chi connectivity index (χ1n) is 5.78. The first kappa shape index (κ1) is 12.2. The lowest BCUT2D eigenvalue weighted by Crippen LogP contribution is -2.39. The minimum absolute atomic E-state index is 0.180. The molecule has 1 fully saturated rings. The highest BCUT2D eigenvalue weighted by Crippen LogP contribution is 2.13. The van der Waals surface area contributed by atoms with Gasteiger partial charge in [0.05, 0.1) is 0 Å². The summed E-state index contributed by atoms with van der Waals surface area (Å²) >= 11 is 5.76. The average molecular weight is 254 g/mol. The largest absolute Gasteiger partial charge is 0.336 e. The number of hydrogen-bond acceptors (Lipinski definition) is 2. The van der Waals surface area contributed by atoms with E-state index in [1.165, 1.54) is 6.42 Å². The summed E-state index contributed by atoms with van der Waals surface area (Å²) in [4.78, 5) is 11.6. The van der Waals surface area contributed by atoms with Gasteiger partial charge in [0.2, 0.25) is 0 Å². The molecule has 0 aromatic heterocycles. The van der Waals surface area contributed by atoms with Crippen LogP contribution in [-0.2, 0) is 0 Å². The summed E-state index contributed by atoms with van der Waals surface area (Å²) in [5.41, 5.74) is 0.742. The maximum absolute atomic E-state index is 11.6. The Morgan fingerprint density at radius 1 is 1.41 bits per heavy atom. The summed E-state index contributed by atoms with van der Waals surface area (Å²) in [6, 6.07) is 7.27. The van der Waals surface area contributed by atoms with Gasteiger partial charge in [-0.05, 0) is 43.7 Å². The second-order valence-electron chi connectivity index (χ2n) is 4.14. The van der Waals surface area contributed by atoms with Gasteiger partial charge in [0.1, 0.15) is 0 Å². The topological polar surface area (TPSA) is 53.2 Å². The van der Waals surface area contributed by atoms with Crippen LogP contribution >= 0.6 is 11.6 Å². The van der Waals surface area contributed by atoms with Gasteiger partial charge in [0, 0.05) is 23.3 Å². The van der Waals surface area contributed by atoms with Crippen molar-refractivity contribution in [2.75, 3.05) is 18.4 Å². The van der Waals surface area contributed by atoms with Crippen molar-refractivity contribution in [2.24, 2.45) is 0 Å². The van der Waals surface area contributed by atoms with Crippen LogP contribution in [0.15, 0.2) is 24.3 Å². The molecule has 1 aliphatic heterocycles. The number of anilines is 1. The van der Waals surface area contributed by atoms with Crippen molar-refractivity contribution >= 4 is 23.3 Å². The van der Waals surface area contributed by atoms with Crippen molar-refractivity contribution in [3.8, 4) is 0 Å². The lowest BCUT2D eigenvalue weighted by molar-refractivity contribution is 0.251. The smallest absolute Gasteiger partial charge is 0.319 e. The van der Waals surface area contributed by atoms with E-state index in [2.05, 4.69) is 16.0 Å². The van der Waals surface area contributed by atoms with E-state index < -0.39 is 0 Å². The van der Waals surface area contributed by atoms with Crippen molar-refractivity contribution in [1.82, 2.24) is 10.6 Å². The summed E-state index contributed by atoms with van der Waals surface area (Å²) in [5, 5.41) is 9.58. The maximum atomic E-state index is 11.6. The van der Waals surface area contributed by atoms with E-state index in [-0.39, 0.29) is 6.03 Å². The minimum atomic E-state index is -0.180. The summed E-state index contributed by atoms with van der Waals surface area (Å²) < 4.78 is 0. The summed E-state index contributed by atoms with van der Waals surface area (Å²) in [5.74, 6) is 0. The molecule has 1 saturated heterocycles. The summed E-state index contributed by atoms with van der Waals surface area (Å²) in [6.45, 7) is 1.71.